The van der Waals surface area contributed by atoms with Crippen molar-refractivity contribution in [2.75, 3.05) is 12.4 Å². The highest BCUT2D eigenvalue weighted by atomic mass is 16.5. The van der Waals surface area contributed by atoms with E-state index in [2.05, 4.69) is 10.6 Å². The minimum atomic E-state index is -1.18. The van der Waals surface area contributed by atoms with E-state index < -0.39 is 29.6 Å². The molecule has 0 aromatic heterocycles. The van der Waals surface area contributed by atoms with E-state index in [9.17, 15) is 14.4 Å². The van der Waals surface area contributed by atoms with Gasteiger partial charge in [0.15, 0.2) is 0 Å². The molecular formula is C32H37N3O5. The van der Waals surface area contributed by atoms with Gasteiger partial charge in [-0.15, -0.1) is 0 Å². The Balaban J connectivity index is 1.31. The number of ether oxygens (including phenoxy) is 2. The number of carbonyl (C=O) groups excluding carboxylic acids is 3. The number of nitrogens with zero attached hydrogens (tertiary/aromatic N) is 1. The van der Waals surface area contributed by atoms with Crippen LogP contribution >= 0.6 is 0 Å². The maximum Gasteiger partial charge on any atom is 0.246 e. The van der Waals surface area contributed by atoms with Gasteiger partial charge >= 0.3 is 0 Å². The lowest BCUT2D eigenvalue weighted by Crippen LogP contribution is -2.56. The fourth-order valence-corrected chi connectivity index (χ4v) is 6.94. The molecule has 2 N–H and O–H groups in total. The van der Waals surface area contributed by atoms with Gasteiger partial charge in [0, 0.05) is 18.3 Å². The van der Waals surface area contributed by atoms with Crippen LogP contribution in [0.15, 0.2) is 54.6 Å². The zero-order valence-corrected chi connectivity index (χ0v) is 23.3. The van der Waals surface area contributed by atoms with Gasteiger partial charge in [-0.2, -0.15) is 0 Å². The zero-order chi connectivity index (χ0) is 28.0. The van der Waals surface area contributed by atoms with Crippen LogP contribution in [0.25, 0.3) is 0 Å². The normalized spacial score (nSPS) is 29.0. The first-order valence-electron chi connectivity index (χ1n) is 14.3. The summed E-state index contributed by atoms with van der Waals surface area (Å²) in [6.45, 7) is 4.25. The van der Waals surface area contributed by atoms with E-state index in [0.29, 0.717) is 11.4 Å². The van der Waals surface area contributed by atoms with Gasteiger partial charge in [-0.05, 0) is 67.6 Å². The monoisotopic (exact) mass is 543 g/mol. The summed E-state index contributed by atoms with van der Waals surface area (Å²) in [5.41, 5.74) is 2.57. The fraction of sp³-hybridized carbons (Fsp3) is 0.469. The van der Waals surface area contributed by atoms with Gasteiger partial charge < -0.3 is 25.0 Å². The molecule has 1 spiro atoms. The Morgan fingerprint density at radius 2 is 1.77 bits per heavy atom. The summed E-state index contributed by atoms with van der Waals surface area (Å²) in [6.07, 6.45) is 8.35. The molecule has 40 heavy (non-hydrogen) atoms. The van der Waals surface area contributed by atoms with E-state index in [1.165, 1.54) is 6.42 Å². The summed E-state index contributed by atoms with van der Waals surface area (Å²) in [4.78, 5) is 43.5. The molecule has 2 saturated heterocycles. The van der Waals surface area contributed by atoms with Crippen molar-refractivity contribution in [2.45, 2.75) is 76.3 Å². The van der Waals surface area contributed by atoms with Gasteiger partial charge in [-0.3, -0.25) is 14.4 Å². The third-order valence-electron chi connectivity index (χ3n) is 9.16. The predicted octanol–water partition coefficient (Wildman–Crippen LogP) is 4.05. The number of fused-ring (bicyclic) bond motifs is 1. The molecule has 1 saturated carbocycles. The summed E-state index contributed by atoms with van der Waals surface area (Å²) in [5.74, 6) is -1.51. The molecule has 3 aliphatic heterocycles. The van der Waals surface area contributed by atoms with E-state index in [1.807, 2.05) is 68.5 Å². The minimum Gasteiger partial charge on any atom is -0.497 e. The SMILES string of the molecule is COc1ccc(CN2C(=O)[C@H]3[C@H](C(=O)Nc4ccc(C)c(C)c4)[C@H]4C=C[C@@]3(O4)[C@H]2C(=O)NC2CCCCC2)cc1. The molecule has 8 nitrogen and oxygen atoms in total. The molecule has 3 fully saturated rings. The van der Waals surface area contributed by atoms with Crippen molar-refractivity contribution in [3.05, 3.63) is 71.3 Å². The first kappa shape index (κ1) is 26.6. The van der Waals surface area contributed by atoms with Crippen LogP contribution in [0.5, 0.6) is 5.75 Å². The Morgan fingerprint density at radius 3 is 2.48 bits per heavy atom. The molecular weight excluding hydrogens is 506 g/mol. The first-order valence-corrected chi connectivity index (χ1v) is 14.3. The van der Waals surface area contributed by atoms with Crippen molar-refractivity contribution in [1.82, 2.24) is 10.2 Å². The largest absolute Gasteiger partial charge is 0.497 e. The van der Waals surface area contributed by atoms with Crippen LogP contribution in [0, 0.1) is 25.7 Å². The van der Waals surface area contributed by atoms with Crippen LogP contribution in [0.4, 0.5) is 5.69 Å². The second-order valence-corrected chi connectivity index (χ2v) is 11.6. The molecule has 3 amide bonds. The smallest absolute Gasteiger partial charge is 0.246 e. The minimum absolute atomic E-state index is 0.0843. The summed E-state index contributed by atoms with van der Waals surface area (Å²) in [7, 11) is 1.61. The van der Waals surface area contributed by atoms with Crippen LogP contribution in [-0.4, -0.2) is 53.5 Å². The molecule has 0 unspecified atom stereocenters. The van der Waals surface area contributed by atoms with Gasteiger partial charge in [0.25, 0.3) is 0 Å². The van der Waals surface area contributed by atoms with Crippen molar-refractivity contribution in [3.63, 3.8) is 0 Å². The molecule has 1 aliphatic carbocycles. The van der Waals surface area contributed by atoms with E-state index >= 15 is 0 Å². The molecule has 8 heteroatoms. The quantitative estimate of drug-likeness (QED) is 0.514. The molecule has 3 heterocycles. The maximum absolute atomic E-state index is 14.2. The first-order chi connectivity index (χ1) is 19.3. The molecule has 0 radical (unpaired) electrons. The van der Waals surface area contributed by atoms with Crippen molar-refractivity contribution in [1.29, 1.82) is 0 Å². The highest BCUT2D eigenvalue weighted by Gasteiger charge is 2.72. The standard InChI is InChI=1S/C32H37N3O5/c1-19-9-12-23(17-20(19)2)34-29(36)26-25-15-16-32(40-25)27(26)31(38)35(18-21-10-13-24(39-3)14-11-21)28(32)30(37)33-22-7-5-4-6-8-22/h9-17,22,25-28H,4-8,18H2,1-3H3,(H,33,37)(H,34,36)/t25-,26-,27-,28-,32+/m1/s1. The number of likely N-dealkylation sites (tertiary alicyclic amines) is 1. The second-order valence-electron chi connectivity index (χ2n) is 11.6. The molecule has 2 bridgehead atoms. The van der Waals surface area contributed by atoms with Gasteiger partial charge in [-0.25, -0.2) is 0 Å². The van der Waals surface area contributed by atoms with Gasteiger partial charge in [0.05, 0.1) is 25.0 Å². The van der Waals surface area contributed by atoms with Crippen molar-refractivity contribution in [3.8, 4) is 5.75 Å². The number of hydrogen-bond acceptors (Lipinski definition) is 5. The number of carbonyl (C=O) groups is 3. The van der Waals surface area contributed by atoms with E-state index in [4.69, 9.17) is 9.47 Å². The Morgan fingerprint density at radius 1 is 1.02 bits per heavy atom. The zero-order valence-electron chi connectivity index (χ0n) is 23.3. The number of anilines is 1. The molecule has 2 aromatic rings. The van der Waals surface area contributed by atoms with Crippen molar-refractivity contribution < 1.29 is 23.9 Å². The van der Waals surface area contributed by atoms with Crippen LogP contribution in [0.2, 0.25) is 0 Å². The molecule has 5 atom stereocenters. The number of nitrogens with one attached hydrogen (secondary N) is 2. The molecule has 4 aliphatic rings. The Labute approximate surface area is 235 Å². The summed E-state index contributed by atoms with van der Waals surface area (Å²) in [6, 6.07) is 12.5. The summed E-state index contributed by atoms with van der Waals surface area (Å²) in [5, 5.41) is 6.25. The average Bonchev–Trinajstić information content (AvgIpc) is 3.59. The fourth-order valence-electron chi connectivity index (χ4n) is 6.94. The highest BCUT2D eigenvalue weighted by Crippen LogP contribution is 2.55. The maximum atomic E-state index is 14.2. The van der Waals surface area contributed by atoms with Gasteiger partial charge in [-0.1, -0.05) is 49.6 Å². The summed E-state index contributed by atoms with van der Waals surface area (Å²) < 4.78 is 11.8. The second kappa shape index (κ2) is 10.4. The Bertz CT molecular complexity index is 1350. The number of rotatable bonds is 7. The lowest BCUT2D eigenvalue weighted by molar-refractivity contribution is -0.142. The lowest BCUT2D eigenvalue weighted by Gasteiger charge is -2.34. The number of aryl methyl sites for hydroxylation is 2. The molecule has 6 rings (SSSR count). The average molecular weight is 544 g/mol. The van der Waals surface area contributed by atoms with Gasteiger partial charge in [0.2, 0.25) is 17.7 Å². The van der Waals surface area contributed by atoms with Gasteiger partial charge in [0.1, 0.15) is 17.4 Å². The lowest BCUT2D eigenvalue weighted by atomic mass is 9.74. The van der Waals surface area contributed by atoms with E-state index in [-0.39, 0.29) is 30.3 Å². The van der Waals surface area contributed by atoms with Crippen LogP contribution in [-0.2, 0) is 25.7 Å². The van der Waals surface area contributed by atoms with E-state index in [0.717, 1.165) is 42.4 Å². The van der Waals surface area contributed by atoms with Crippen LogP contribution in [0.1, 0.15) is 48.8 Å². The highest BCUT2D eigenvalue weighted by molar-refractivity contribution is 6.02. The number of hydrogen-bond donors (Lipinski definition) is 2. The number of amides is 3. The number of methoxy groups -OCH3 is 1. The molecule has 2 aromatic carbocycles. The third-order valence-corrected chi connectivity index (χ3v) is 9.16. The molecule has 210 valence electrons. The van der Waals surface area contributed by atoms with Crippen molar-refractivity contribution in [2.24, 2.45) is 11.8 Å². The van der Waals surface area contributed by atoms with E-state index in [1.54, 1.807) is 12.0 Å². The topological polar surface area (TPSA) is 97.0 Å². The third kappa shape index (κ3) is 4.48. The predicted molar refractivity (Wildman–Crippen MR) is 151 cm³/mol. The number of benzene rings is 2. The van der Waals surface area contributed by atoms with Crippen LogP contribution < -0.4 is 15.4 Å². The Kier molecular flexibility index (Phi) is 6.90. The summed E-state index contributed by atoms with van der Waals surface area (Å²) >= 11 is 0. The Hall–Kier alpha value is -3.65. The van der Waals surface area contributed by atoms with Crippen LogP contribution in [0.3, 0.4) is 0 Å². The van der Waals surface area contributed by atoms with Crippen molar-refractivity contribution >= 4 is 23.4 Å².